The molecule has 0 saturated heterocycles. The summed E-state index contributed by atoms with van der Waals surface area (Å²) in [6.07, 6.45) is 0.453. The van der Waals surface area contributed by atoms with Gasteiger partial charge >= 0.3 is 5.97 Å². The van der Waals surface area contributed by atoms with Crippen LogP contribution in [0.4, 0.5) is 0 Å². The highest BCUT2D eigenvalue weighted by molar-refractivity contribution is 6.45. The number of hydrogen-bond donors (Lipinski definition) is 3. The largest absolute Gasteiger partial charge is 0.483 e. The fourth-order valence-corrected chi connectivity index (χ4v) is 4.13. The Hall–Kier alpha value is -4.92. The quantitative estimate of drug-likeness (QED) is 0.193. The van der Waals surface area contributed by atoms with Crippen molar-refractivity contribution in [3.8, 4) is 5.75 Å². The Balaban J connectivity index is 0.000000561. The molecule has 0 atom stereocenters. The number of aromatic nitrogens is 1. The molecule has 4 rings (SSSR count). The monoisotopic (exact) mass is 559 g/mol. The van der Waals surface area contributed by atoms with Gasteiger partial charge in [0.15, 0.2) is 6.61 Å². The minimum atomic E-state index is -1.18. The van der Waals surface area contributed by atoms with Gasteiger partial charge in [-0.05, 0) is 31.0 Å². The third-order valence-electron chi connectivity index (χ3n) is 5.86. The number of Topliss-reactive ketones (excluding diaryl/α,β-unsaturated/α-hetero) is 1. The van der Waals surface area contributed by atoms with E-state index in [1.165, 1.54) is 5.56 Å². The molecule has 0 spiro atoms. The molecule has 216 valence electrons. The zero-order chi connectivity index (χ0) is 30.4. The van der Waals surface area contributed by atoms with Gasteiger partial charge in [0.05, 0.1) is 16.5 Å². The van der Waals surface area contributed by atoms with Crippen molar-refractivity contribution in [1.29, 1.82) is 0 Å². The maximum atomic E-state index is 12.8. The van der Waals surface area contributed by atoms with Gasteiger partial charge in [0, 0.05) is 12.2 Å². The van der Waals surface area contributed by atoms with Crippen LogP contribution in [0.5, 0.6) is 5.75 Å². The van der Waals surface area contributed by atoms with Gasteiger partial charge in [-0.3, -0.25) is 19.2 Å². The fraction of sp³-hybridized carbons (Fsp3) is 0.250. The first-order chi connectivity index (χ1) is 19.7. The zero-order valence-electron chi connectivity index (χ0n) is 23.8. The van der Waals surface area contributed by atoms with Gasteiger partial charge in [-0.1, -0.05) is 93.1 Å². The SMILES string of the molecule is CC.CCc1c(C(=O)C(N)=O)c2c(OCC(=O)NCC(=O)O)cccc2n1Cc1ccccc1.Cc1ccccc1. The number of ketones is 1. The van der Waals surface area contributed by atoms with Crippen LogP contribution in [-0.2, 0) is 27.3 Å². The summed E-state index contributed by atoms with van der Waals surface area (Å²) in [4.78, 5) is 47.1. The highest BCUT2D eigenvalue weighted by Crippen LogP contribution is 2.35. The van der Waals surface area contributed by atoms with Crippen LogP contribution in [0.1, 0.15) is 48.0 Å². The topological polar surface area (TPSA) is 141 Å². The first-order valence-corrected chi connectivity index (χ1v) is 13.4. The molecule has 4 aromatic rings. The van der Waals surface area contributed by atoms with Gasteiger partial charge in [0.1, 0.15) is 12.3 Å². The smallest absolute Gasteiger partial charge is 0.322 e. The number of hydrogen-bond acceptors (Lipinski definition) is 5. The molecule has 0 radical (unpaired) electrons. The average molecular weight is 560 g/mol. The van der Waals surface area contributed by atoms with Gasteiger partial charge in [0.2, 0.25) is 0 Å². The van der Waals surface area contributed by atoms with Gasteiger partial charge in [-0.15, -0.1) is 0 Å². The number of rotatable bonds is 10. The highest BCUT2D eigenvalue weighted by atomic mass is 16.5. The predicted molar refractivity (Wildman–Crippen MR) is 159 cm³/mol. The summed E-state index contributed by atoms with van der Waals surface area (Å²) >= 11 is 0. The molecule has 9 nitrogen and oxygen atoms in total. The summed E-state index contributed by atoms with van der Waals surface area (Å²) in [7, 11) is 0. The van der Waals surface area contributed by atoms with E-state index in [1.54, 1.807) is 18.2 Å². The molecule has 0 fully saturated rings. The van der Waals surface area contributed by atoms with Gasteiger partial charge < -0.3 is 25.5 Å². The number of nitrogens with zero attached hydrogens (tertiary/aromatic N) is 1. The standard InChI is InChI=1S/C23H23N3O6.C7H8.C2H6/c1-2-15-21(22(30)23(24)31)20-16(26(15)12-14-7-4-3-5-8-14)9-6-10-17(20)32-13-18(27)25-11-19(28)29;1-7-5-3-2-4-6-7;1-2/h3-10H,2,11-13H2,1H3,(H2,24,31)(H,25,27)(H,28,29);2-6H,1H3;1-2H3. The second-order valence-corrected chi connectivity index (χ2v) is 8.70. The summed E-state index contributed by atoms with van der Waals surface area (Å²) in [5.74, 6) is -3.52. The molecule has 2 amide bonds. The van der Waals surface area contributed by atoms with E-state index >= 15 is 0 Å². The highest BCUT2D eigenvalue weighted by Gasteiger charge is 2.27. The Morgan fingerprint density at radius 3 is 2.02 bits per heavy atom. The number of nitrogens with two attached hydrogens (primary N) is 1. The number of carboxylic acids is 1. The summed E-state index contributed by atoms with van der Waals surface area (Å²) in [6.45, 7) is 7.41. The Morgan fingerprint density at radius 2 is 1.51 bits per heavy atom. The van der Waals surface area contributed by atoms with E-state index in [4.69, 9.17) is 15.6 Å². The molecular weight excluding hydrogens is 522 g/mol. The van der Waals surface area contributed by atoms with Crippen molar-refractivity contribution in [2.24, 2.45) is 5.73 Å². The first-order valence-electron chi connectivity index (χ1n) is 13.4. The Labute approximate surface area is 239 Å². The Kier molecular flexibility index (Phi) is 12.8. The average Bonchev–Trinajstić information content (AvgIpc) is 3.30. The van der Waals surface area contributed by atoms with Crippen LogP contribution in [0.2, 0.25) is 0 Å². The second kappa shape index (κ2) is 16.2. The number of carbonyl (C=O) groups is 4. The maximum absolute atomic E-state index is 12.8. The van der Waals surface area contributed by atoms with E-state index in [-0.39, 0.29) is 11.3 Å². The van der Waals surface area contributed by atoms with Crippen molar-refractivity contribution in [2.45, 2.75) is 40.7 Å². The summed E-state index contributed by atoms with van der Waals surface area (Å²) in [5.41, 5.74) is 9.07. The van der Waals surface area contributed by atoms with Gasteiger partial charge in [0.25, 0.3) is 17.6 Å². The molecule has 0 aliphatic heterocycles. The van der Waals surface area contributed by atoms with Gasteiger partial charge in [-0.2, -0.15) is 0 Å². The minimum absolute atomic E-state index is 0.146. The molecule has 1 heterocycles. The number of carboxylic acid groups (broad SMARTS) is 1. The van der Waals surface area contributed by atoms with Crippen molar-refractivity contribution < 1.29 is 29.0 Å². The van der Waals surface area contributed by atoms with Crippen molar-refractivity contribution in [2.75, 3.05) is 13.2 Å². The van der Waals surface area contributed by atoms with Crippen LogP contribution in [0.3, 0.4) is 0 Å². The van der Waals surface area contributed by atoms with Crippen LogP contribution >= 0.6 is 0 Å². The van der Waals surface area contributed by atoms with E-state index in [2.05, 4.69) is 24.4 Å². The molecule has 4 N–H and O–H groups in total. The zero-order valence-corrected chi connectivity index (χ0v) is 23.8. The van der Waals surface area contributed by atoms with Crippen LogP contribution in [-0.4, -0.2) is 46.4 Å². The first kappa shape index (κ1) is 32.3. The van der Waals surface area contributed by atoms with E-state index in [0.29, 0.717) is 29.6 Å². The van der Waals surface area contributed by atoms with Crippen LogP contribution in [0.25, 0.3) is 10.9 Å². The number of amides is 2. The molecule has 9 heteroatoms. The van der Waals surface area contributed by atoms with Crippen molar-refractivity contribution in [1.82, 2.24) is 9.88 Å². The number of ether oxygens (including phenoxy) is 1. The predicted octanol–water partition coefficient (Wildman–Crippen LogP) is 4.52. The van der Waals surface area contributed by atoms with Gasteiger partial charge in [-0.25, -0.2) is 0 Å². The summed E-state index contributed by atoms with van der Waals surface area (Å²) in [5, 5.41) is 11.3. The molecule has 0 saturated carbocycles. The number of fused-ring (bicyclic) bond motifs is 1. The number of nitrogens with one attached hydrogen (secondary N) is 1. The summed E-state index contributed by atoms with van der Waals surface area (Å²) in [6, 6.07) is 25.0. The molecule has 1 aromatic heterocycles. The lowest BCUT2D eigenvalue weighted by atomic mass is 10.0. The fourth-order valence-electron chi connectivity index (χ4n) is 4.13. The maximum Gasteiger partial charge on any atom is 0.322 e. The Bertz CT molecular complexity index is 1460. The number of benzene rings is 3. The van der Waals surface area contributed by atoms with Crippen LogP contribution < -0.4 is 15.8 Å². The molecule has 3 aromatic carbocycles. The van der Waals surface area contributed by atoms with E-state index in [1.807, 2.05) is 73.9 Å². The molecule has 0 aliphatic carbocycles. The number of aliphatic carboxylic acids is 1. The van der Waals surface area contributed by atoms with Crippen molar-refractivity contribution >= 4 is 34.5 Å². The second-order valence-electron chi connectivity index (χ2n) is 8.70. The van der Waals surface area contributed by atoms with E-state index in [0.717, 1.165) is 5.56 Å². The summed E-state index contributed by atoms with van der Waals surface area (Å²) < 4.78 is 7.55. The van der Waals surface area contributed by atoms with Crippen LogP contribution in [0.15, 0.2) is 78.9 Å². The molecular formula is C32H37N3O6. The van der Waals surface area contributed by atoms with Crippen LogP contribution in [0, 0.1) is 6.92 Å². The molecule has 0 aliphatic rings. The minimum Gasteiger partial charge on any atom is -0.483 e. The normalized spacial score (nSPS) is 9.95. The lowest BCUT2D eigenvalue weighted by Crippen LogP contribution is -2.33. The van der Waals surface area contributed by atoms with Crippen molar-refractivity contribution in [3.63, 3.8) is 0 Å². The lowest BCUT2D eigenvalue weighted by Gasteiger charge is -2.11. The number of primary amides is 1. The molecule has 41 heavy (non-hydrogen) atoms. The Morgan fingerprint density at radius 1 is 0.902 bits per heavy atom. The molecule has 0 bridgehead atoms. The molecule has 0 unspecified atom stereocenters. The lowest BCUT2D eigenvalue weighted by molar-refractivity contribution is -0.138. The third-order valence-corrected chi connectivity index (χ3v) is 5.86. The third kappa shape index (κ3) is 9.06. The number of carbonyl (C=O) groups excluding carboxylic acids is 3. The van der Waals surface area contributed by atoms with E-state index in [9.17, 15) is 19.2 Å². The number of aryl methyl sites for hydroxylation is 1. The van der Waals surface area contributed by atoms with Crippen molar-refractivity contribution in [3.05, 3.63) is 101 Å². The van der Waals surface area contributed by atoms with E-state index < -0.39 is 36.7 Å².